The summed E-state index contributed by atoms with van der Waals surface area (Å²) < 4.78 is 33.9. The summed E-state index contributed by atoms with van der Waals surface area (Å²) in [6.45, 7) is 8.60. The van der Waals surface area contributed by atoms with Gasteiger partial charge in [-0.1, -0.05) is 6.92 Å². The number of rotatable bonds is 8. The number of piperazine rings is 1. The van der Waals surface area contributed by atoms with Gasteiger partial charge in [0, 0.05) is 26.2 Å². The SMILES string of the molecule is CCOc1ccc(S(=O)(=O)Nc2cc(C(=O)O)ccc2N2CCN(CC)CC2)cc1. The molecular weight excluding hydrogens is 406 g/mol. The van der Waals surface area contributed by atoms with Crippen LogP contribution in [0.3, 0.4) is 0 Å². The molecule has 0 saturated carbocycles. The van der Waals surface area contributed by atoms with Crippen molar-refractivity contribution in [2.75, 3.05) is 49.0 Å². The van der Waals surface area contributed by atoms with Gasteiger partial charge in [0.25, 0.3) is 10.0 Å². The molecular formula is C21H27N3O5S. The highest BCUT2D eigenvalue weighted by Gasteiger charge is 2.23. The number of nitrogens with zero attached hydrogens (tertiary/aromatic N) is 2. The number of carboxylic acids is 1. The maximum atomic E-state index is 13.0. The maximum Gasteiger partial charge on any atom is 0.335 e. The summed E-state index contributed by atoms with van der Waals surface area (Å²) >= 11 is 0. The Kier molecular flexibility index (Phi) is 6.84. The summed E-state index contributed by atoms with van der Waals surface area (Å²) in [6, 6.07) is 10.7. The number of hydrogen-bond donors (Lipinski definition) is 2. The van der Waals surface area contributed by atoms with Crippen LogP contribution in [-0.2, 0) is 10.0 Å². The Labute approximate surface area is 177 Å². The van der Waals surface area contributed by atoms with Crippen molar-refractivity contribution in [2.24, 2.45) is 0 Å². The van der Waals surface area contributed by atoms with E-state index >= 15 is 0 Å². The normalized spacial score (nSPS) is 15.1. The monoisotopic (exact) mass is 433 g/mol. The zero-order valence-corrected chi connectivity index (χ0v) is 18.0. The van der Waals surface area contributed by atoms with Crippen LogP contribution >= 0.6 is 0 Å². The third-order valence-corrected chi connectivity index (χ3v) is 6.47. The number of nitrogens with one attached hydrogen (secondary N) is 1. The van der Waals surface area contributed by atoms with Gasteiger partial charge in [0.05, 0.1) is 28.4 Å². The lowest BCUT2D eigenvalue weighted by Gasteiger charge is -2.36. The van der Waals surface area contributed by atoms with Crippen molar-refractivity contribution in [2.45, 2.75) is 18.7 Å². The molecule has 1 aliphatic heterocycles. The van der Waals surface area contributed by atoms with E-state index in [1.54, 1.807) is 18.2 Å². The van der Waals surface area contributed by atoms with Crippen LogP contribution in [0.1, 0.15) is 24.2 Å². The summed E-state index contributed by atoms with van der Waals surface area (Å²) in [7, 11) is -3.90. The van der Waals surface area contributed by atoms with E-state index in [1.165, 1.54) is 24.3 Å². The zero-order valence-electron chi connectivity index (χ0n) is 17.2. The van der Waals surface area contributed by atoms with Crippen molar-refractivity contribution in [3.05, 3.63) is 48.0 Å². The average Bonchev–Trinajstić information content (AvgIpc) is 2.74. The Bertz CT molecular complexity index is 984. The molecule has 9 heteroatoms. The van der Waals surface area contributed by atoms with Crippen LogP contribution in [-0.4, -0.2) is 63.7 Å². The van der Waals surface area contributed by atoms with Crippen molar-refractivity contribution in [1.82, 2.24) is 4.90 Å². The van der Waals surface area contributed by atoms with Gasteiger partial charge in [-0.25, -0.2) is 13.2 Å². The number of hydrogen-bond acceptors (Lipinski definition) is 6. The number of sulfonamides is 1. The molecule has 1 fully saturated rings. The minimum atomic E-state index is -3.90. The van der Waals surface area contributed by atoms with Gasteiger partial charge in [-0.15, -0.1) is 0 Å². The number of likely N-dealkylation sites (N-methyl/N-ethyl adjacent to an activating group) is 1. The van der Waals surface area contributed by atoms with Gasteiger partial charge >= 0.3 is 5.97 Å². The fourth-order valence-corrected chi connectivity index (χ4v) is 4.48. The van der Waals surface area contributed by atoms with E-state index < -0.39 is 16.0 Å². The van der Waals surface area contributed by atoms with Crippen LogP contribution in [0.5, 0.6) is 5.75 Å². The van der Waals surface area contributed by atoms with E-state index in [1.807, 2.05) is 6.92 Å². The lowest BCUT2D eigenvalue weighted by Crippen LogP contribution is -2.46. The molecule has 2 N–H and O–H groups in total. The molecule has 1 heterocycles. The minimum Gasteiger partial charge on any atom is -0.494 e. The predicted octanol–water partition coefficient (Wildman–Crippen LogP) is 2.73. The fraction of sp³-hybridized carbons (Fsp3) is 0.381. The first-order valence-electron chi connectivity index (χ1n) is 9.94. The zero-order chi connectivity index (χ0) is 21.7. The number of aromatic carboxylic acids is 1. The molecule has 30 heavy (non-hydrogen) atoms. The van der Waals surface area contributed by atoms with E-state index in [-0.39, 0.29) is 16.1 Å². The molecule has 0 bridgehead atoms. The second-order valence-corrected chi connectivity index (χ2v) is 8.65. The molecule has 0 atom stereocenters. The van der Waals surface area contributed by atoms with Crippen LogP contribution in [0.15, 0.2) is 47.4 Å². The third kappa shape index (κ3) is 5.03. The van der Waals surface area contributed by atoms with E-state index in [0.717, 1.165) is 32.7 Å². The number of carbonyl (C=O) groups is 1. The molecule has 1 saturated heterocycles. The Balaban J connectivity index is 1.90. The van der Waals surface area contributed by atoms with Gasteiger partial charge in [0.15, 0.2) is 0 Å². The van der Waals surface area contributed by atoms with Gasteiger partial charge in [-0.2, -0.15) is 0 Å². The number of anilines is 2. The van der Waals surface area contributed by atoms with Gasteiger partial charge < -0.3 is 19.6 Å². The Morgan fingerprint density at radius 1 is 1.07 bits per heavy atom. The second-order valence-electron chi connectivity index (χ2n) is 6.97. The molecule has 2 aromatic carbocycles. The molecule has 0 unspecified atom stereocenters. The van der Waals surface area contributed by atoms with Crippen molar-refractivity contribution in [3.63, 3.8) is 0 Å². The van der Waals surface area contributed by atoms with E-state index in [9.17, 15) is 18.3 Å². The summed E-state index contributed by atoms with van der Waals surface area (Å²) in [6.07, 6.45) is 0. The molecule has 2 aromatic rings. The first kappa shape index (κ1) is 21.9. The van der Waals surface area contributed by atoms with Crippen LogP contribution in [0.25, 0.3) is 0 Å². The highest BCUT2D eigenvalue weighted by molar-refractivity contribution is 7.92. The third-order valence-electron chi connectivity index (χ3n) is 5.09. The molecule has 0 amide bonds. The lowest BCUT2D eigenvalue weighted by atomic mass is 10.1. The largest absolute Gasteiger partial charge is 0.494 e. The molecule has 162 valence electrons. The summed E-state index contributed by atoms with van der Waals surface area (Å²) in [5.41, 5.74) is 0.953. The standard InChI is InChI=1S/C21H27N3O5S/c1-3-23-11-13-24(14-12-23)20-10-5-16(21(25)26)15-19(20)22-30(27,28)18-8-6-17(7-9-18)29-4-2/h5-10,15,22H,3-4,11-14H2,1-2H3,(H,25,26). The fourth-order valence-electron chi connectivity index (χ4n) is 3.42. The highest BCUT2D eigenvalue weighted by Crippen LogP contribution is 2.31. The smallest absolute Gasteiger partial charge is 0.335 e. The Hall–Kier alpha value is -2.78. The lowest BCUT2D eigenvalue weighted by molar-refractivity contribution is 0.0697. The van der Waals surface area contributed by atoms with Crippen molar-refractivity contribution in [1.29, 1.82) is 0 Å². The predicted molar refractivity (Wildman–Crippen MR) is 116 cm³/mol. The number of ether oxygens (including phenoxy) is 1. The van der Waals surface area contributed by atoms with Crippen molar-refractivity contribution < 1.29 is 23.1 Å². The van der Waals surface area contributed by atoms with Gasteiger partial charge in [-0.3, -0.25) is 4.72 Å². The summed E-state index contributed by atoms with van der Waals surface area (Å²) in [4.78, 5) is 15.9. The van der Waals surface area contributed by atoms with Crippen LogP contribution < -0.4 is 14.4 Å². The van der Waals surface area contributed by atoms with E-state index in [4.69, 9.17) is 4.74 Å². The maximum absolute atomic E-state index is 13.0. The van der Waals surface area contributed by atoms with Crippen LogP contribution in [0, 0.1) is 0 Å². The second kappa shape index (κ2) is 9.36. The van der Waals surface area contributed by atoms with E-state index in [0.29, 0.717) is 18.0 Å². The van der Waals surface area contributed by atoms with E-state index in [2.05, 4.69) is 21.4 Å². The molecule has 0 spiro atoms. The first-order chi connectivity index (χ1) is 14.3. The highest BCUT2D eigenvalue weighted by atomic mass is 32.2. The molecule has 0 radical (unpaired) electrons. The molecule has 0 aromatic heterocycles. The molecule has 0 aliphatic carbocycles. The van der Waals surface area contributed by atoms with Gasteiger partial charge in [0.2, 0.25) is 0 Å². The molecule has 3 rings (SSSR count). The topological polar surface area (TPSA) is 99.2 Å². The Morgan fingerprint density at radius 3 is 2.30 bits per heavy atom. The van der Waals surface area contributed by atoms with Crippen molar-refractivity contribution in [3.8, 4) is 5.75 Å². The van der Waals surface area contributed by atoms with Crippen LogP contribution in [0.4, 0.5) is 11.4 Å². The van der Waals surface area contributed by atoms with Gasteiger partial charge in [-0.05, 0) is 55.9 Å². The molecule has 8 nitrogen and oxygen atoms in total. The summed E-state index contributed by atoms with van der Waals surface area (Å²) in [5, 5.41) is 9.36. The Morgan fingerprint density at radius 2 is 1.73 bits per heavy atom. The quantitative estimate of drug-likeness (QED) is 0.660. The van der Waals surface area contributed by atoms with Crippen molar-refractivity contribution >= 4 is 27.4 Å². The first-order valence-corrected chi connectivity index (χ1v) is 11.4. The summed E-state index contributed by atoms with van der Waals surface area (Å²) in [5.74, 6) is -0.530. The number of benzene rings is 2. The van der Waals surface area contributed by atoms with Gasteiger partial charge in [0.1, 0.15) is 5.75 Å². The minimum absolute atomic E-state index is 0.0235. The average molecular weight is 434 g/mol. The number of carboxylic acid groups (broad SMARTS) is 1. The van der Waals surface area contributed by atoms with Crippen LogP contribution in [0.2, 0.25) is 0 Å². The molecule has 1 aliphatic rings.